The average molecular weight is 452 g/mol. The molecule has 3 aromatic rings. The summed E-state index contributed by atoms with van der Waals surface area (Å²) in [5.74, 6) is 0.746. The molecule has 2 fully saturated rings. The van der Waals surface area contributed by atoms with Gasteiger partial charge in [0.25, 0.3) is 10.0 Å². The second-order valence-electron chi connectivity index (χ2n) is 8.58. The fraction of sp³-hybridized carbons (Fsp3) is 0.375. The lowest BCUT2D eigenvalue weighted by molar-refractivity contribution is -0.146. The number of aromatic nitrogens is 3. The summed E-state index contributed by atoms with van der Waals surface area (Å²) < 4.78 is 31.8. The van der Waals surface area contributed by atoms with Crippen LogP contribution in [0, 0.1) is 24.7 Å². The lowest BCUT2D eigenvalue weighted by Crippen LogP contribution is -2.22. The van der Waals surface area contributed by atoms with E-state index in [1.165, 1.54) is 6.20 Å². The van der Waals surface area contributed by atoms with Crippen LogP contribution in [0.1, 0.15) is 31.4 Å². The molecule has 2 aliphatic carbocycles. The molecule has 2 aliphatic rings. The minimum atomic E-state index is -3.80. The Kier molecular flexibility index (Phi) is 4.74. The Hall–Kier alpha value is -3.00. The summed E-state index contributed by atoms with van der Waals surface area (Å²) in [6.45, 7) is 6.28. The third-order valence-electron chi connectivity index (χ3n) is 6.95. The van der Waals surface area contributed by atoms with Crippen LogP contribution in [-0.4, -0.2) is 35.4 Å². The molecule has 4 unspecified atom stereocenters. The van der Waals surface area contributed by atoms with E-state index in [4.69, 9.17) is 4.74 Å². The molecule has 32 heavy (non-hydrogen) atoms. The summed E-state index contributed by atoms with van der Waals surface area (Å²) in [7, 11) is -3.80. The molecule has 4 atom stereocenters. The van der Waals surface area contributed by atoms with Crippen molar-refractivity contribution in [2.24, 2.45) is 17.8 Å². The highest BCUT2D eigenvalue weighted by molar-refractivity contribution is 7.89. The van der Waals surface area contributed by atoms with Crippen LogP contribution in [0.3, 0.4) is 0 Å². The van der Waals surface area contributed by atoms with Crippen LogP contribution in [-0.2, 0) is 25.0 Å². The Morgan fingerprint density at radius 3 is 2.41 bits per heavy atom. The topological polar surface area (TPSA) is 91.2 Å². The summed E-state index contributed by atoms with van der Waals surface area (Å²) in [6, 6.07) is 14.5. The lowest BCUT2D eigenvalue weighted by atomic mass is 9.88. The molecule has 1 aromatic heterocycles. The number of rotatable bonds is 7. The van der Waals surface area contributed by atoms with E-state index < -0.39 is 10.0 Å². The fourth-order valence-electron chi connectivity index (χ4n) is 5.29. The highest BCUT2D eigenvalue weighted by Gasteiger charge is 2.88. The monoisotopic (exact) mass is 451 g/mol. The molecule has 2 saturated carbocycles. The molecule has 166 valence electrons. The van der Waals surface area contributed by atoms with Gasteiger partial charge in [0.15, 0.2) is 0 Å². The number of aryl methyl sites for hydroxylation is 1. The molecule has 0 N–H and O–H groups in total. The lowest BCUT2D eigenvalue weighted by Gasteiger charge is -2.17. The number of benzene rings is 2. The largest absolute Gasteiger partial charge is 0.466 e. The molecule has 0 amide bonds. The molecule has 1 heterocycles. The predicted octanol–water partition coefficient (Wildman–Crippen LogP) is 3.58. The number of esters is 1. The van der Waals surface area contributed by atoms with Crippen molar-refractivity contribution in [1.29, 1.82) is 0 Å². The summed E-state index contributed by atoms with van der Waals surface area (Å²) in [5.41, 5.74) is 3.27. The maximum atomic E-state index is 12.8. The third-order valence-corrected chi connectivity index (χ3v) is 8.49. The molecule has 8 heteroatoms. The van der Waals surface area contributed by atoms with Crippen LogP contribution < -0.4 is 0 Å². The Balaban J connectivity index is 1.38. The van der Waals surface area contributed by atoms with E-state index in [1.54, 1.807) is 24.3 Å². The van der Waals surface area contributed by atoms with Crippen molar-refractivity contribution in [2.45, 2.75) is 37.5 Å². The third kappa shape index (κ3) is 2.92. The van der Waals surface area contributed by atoms with Gasteiger partial charge >= 0.3 is 5.97 Å². The van der Waals surface area contributed by atoms with Gasteiger partial charge in [0, 0.05) is 11.0 Å². The van der Waals surface area contributed by atoms with Crippen molar-refractivity contribution in [2.75, 3.05) is 6.61 Å². The maximum absolute atomic E-state index is 12.8. The Labute approximate surface area is 187 Å². The first-order valence-corrected chi connectivity index (χ1v) is 12.3. The maximum Gasteiger partial charge on any atom is 0.310 e. The standard InChI is InChI=1S/C24H25N3O4S/c1-4-19-21-22(23(28)31-5-2)24(19,21)17-10-8-16(9-11-17)20-14-27(26-25-20)32(29,30)18-12-6-15(3)7-13-18/h6-14,19,21-22H,4-5H2,1-3H3. The first kappa shape index (κ1) is 20.9. The number of hydrogen-bond acceptors (Lipinski definition) is 6. The van der Waals surface area contributed by atoms with Crippen LogP contribution in [0.5, 0.6) is 0 Å². The quantitative estimate of drug-likeness (QED) is 0.510. The van der Waals surface area contributed by atoms with E-state index in [0.29, 0.717) is 24.1 Å². The van der Waals surface area contributed by atoms with Gasteiger partial charge in [0.1, 0.15) is 5.69 Å². The molecule has 0 bridgehead atoms. The highest BCUT2D eigenvalue weighted by atomic mass is 32.2. The molecule has 0 saturated heterocycles. The minimum absolute atomic E-state index is 0.0428. The van der Waals surface area contributed by atoms with E-state index in [0.717, 1.165) is 27.2 Å². The van der Waals surface area contributed by atoms with E-state index in [-0.39, 0.29) is 22.2 Å². The second kappa shape index (κ2) is 7.27. The van der Waals surface area contributed by atoms with Crippen molar-refractivity contribution < 1.29 is 17.9 Å². The van der Waals surface area contributed by atoms with Gasteiger partial charge in [0.05, 0.1) is 23.6 Å². The van der Waals surface area contributed by atoms with Crippen LogP contribution >= 0.6 is 0 Å². The SMILES string of the molecule is CCOC(=O)C1C2C(CC)C12c1ccc(-c2cn(S(=O)(=O)c3ccc(C)cc3)nn2)cc1. The highest BCUT2D eigenvalue weighted by Crippen LogP contribution is 2.85. The smallest absolute Gasteiger partial charge is 0.310 e. The zero-order valence-corrected chi connectivity index (χ0v) is 19.0. The number of carbonyl (C=O) groups excluding carboxylic acids is 1. The number of fused-ring (bicyclic) bond motifs is 1. The Morgan fingerprint density at radius 2 is 1.78 bits per heavy atom. The van der Waals surface area contributed by atoms with Crippen molar-refractivity contribution in [1.82, 2.24) is 14.4 Å². The minimum Gasteiger partial charge on any atom is -0.466 e. The normalized spacial score (nSPS) is 25.8. The summed E-state index contributed by atoms with van der Waals surface area (Å²) in [6.07, 6.45) is 2.46. The van der Waals surface area contributed by atoms with Crippen molar-refractivity contribution in [3.63, 3.8) is 0 Å². The molecule has 2 aromatic carbocycles. The van der Waals surface area contributed by atoms with Crippen molar-refractivity contribution in [3.05, 3.63) is 65.9 Å². The van der Waals surface area contributed by atoms with Crippen molar-refractivity contribution in [3.8, 4) is 11.3 Å². The first-order chi connectivity index (χ1) is 15.3. The fourth-order valence-corrected chi connectivity index (χ4v) is 6.36. The molecule has 0 aliphatic heterocycles. The summed E-state index contributed by atoms with van der Waals surface area (Å²) >= 11 is 0. The number of nitrogens with zero attached hydrogens (tertiary/aromatic N) is 3. The average Bonchev–Trinajstić information content (AvgIpc) is 3.56. The molecule has 5 rings (SSSR count). The molecule has 0 spiro atoms. The summed E-state index contributed by atoms with van der Waals surface area (Å²) in [4.78, 5) is 12.5. The Morgan fingerprint density at radius 1 is 1.09 bits per heavy atom. The molecule has 0 radical (unpaired) electrons. The first-order valence-electron chi connectivity index (χ1n) is 10.9. The van der Waals surface area contributed by atoms with Gasteiger partial charge in [-0.1, -0.05) is 60.5 Å². The van der Waals surface area contributed by atoms with Gasteiger partial charge in [0.2, 0.25) is 0 Å². The molecular weight excluding hydrogens is 426 g/mol. The number of carbonyl (C=O) groups is 1. The zero-order valence-electron chi connectivity index (χ0n) is 18.2. The zero-order chi connectivity index (χ0) is 22.7. The van der Waals surface area contributed by atoms with Crippen molar-refractivity contribution >= 4 is 16.0 Å². The molecule has 7 nitrogen and oxygen atoms in total. The van der Waals surface area contributed by atoms with Gasteiger partial charge in [-0.15, -0.1) is 9.19 Å². The van der Waals surface area contributed by atoms with E-state index >= 15 is 0 Å². The van der Waals surface area contributed by atoms with Gasteiger partial charge in [-0.25, -0.2) is 0 Å². The Bertz CT molecular complexity index is 1280. The summed E-state index contributed by atoms with van der Waals surface area (Å²) in [5, 5.41) is 7.93. The van der Waals surface area contributed by atoms with E-state index in [2.05, 4.69) is 17.2 Å². The predicted molar refractivity (Wildman–Crippen MR) is 118 cm³/mol. The van der Waals surface area contributed by atoms with Gasteiger partial charge in [-0.05, 0) is 43.4 Å². The number of hydrogen-bond donors (Lipinski definition) is 0. The van der Waals surface area contributed by atoms with Crippen LogP contribution in [0.2, 0.25) is 0 Å². The van der Waals surface area contributed by atoms with Gasteiger partial charge in [-0.3, -0.25) is 4.79 Å². The van der Waals surface area contributed by atoms with Crippen LogP contribution in [0.15, 0.2) is 59.6 Å². The molecular formula is C24H25N3O4S. The van der Waals surface area contributed by atoms with Gasteiger partial charge in [-0.2, -0.15) is 8.42 Å². The van der Waals surface area contributed by atoms with Crippen LogP contribution in [0.4, 0.5) is 0 Å². The van der Waals surface area contributed by atoms with E-state index in [9.17, 15) is 13.2 Å². The number of ether oxygens (including phenoxy) is 1. The van der Waals surface area contributed by atoms with E-state index in [1.807, 2.05) is 38.1 Å². The van der Waals surface area contributed by atoms with Crippen LogP contribution in [0.25, 0.3) is 11.3 Å². The second-order valence-corrected chi connectivity index (χ2v) is 10.4. The van der Waals surface area contributed by atoms with Gasteiger partial charge < -0.3 is 4.74 Å².